The lowest BCUT2D eigenvalue weighted by atomic mass is 9.89. The van der Waals surface area contributed by atoms with Gasteiger partial charge >= 0.3 is 6.18 Å². The maximum atomic E-state index is 13.3. The lowest BCUT2D eigenvalue weighted by Gasteiger charge is -2.17. The molecule has 0 saturated heterocycles. The number of alkyl halides is 3. The number of benzene rings is 1. The summed E-state index contributed by atoms with van der Waals surface area (Å²) in [5.74, 6) is 1.31. The number of allylic oxidation sites excluding steroid dienone is 1. The second kappa shape index (κ2) is 7.18. The standard InChI is InChI=1S/C21H20F3N3/c22-21(23,24)16-7-4-12-25-20(16)15-9-10-17-18(13-15)27-19(26-17)11-8-14-5-2-1-3-6-14/h4,7-14H,1-3,5-6H2,(H,26,27)/b11-8+. The molecule has 3 nitrogen and oxygen atoms in total. The quantitative estimate of drug-likeness (QED) is 0.592. The van der Waals surface area contributed by atoms with Crippen LogP contribution in [0.15, 0.2) is 42.6 Å². The number of pyridine rings is 1. The smallest absolute Gasteiger partial charge is 0.338 e. The van der Waals surface area contributed by atoms with Gasteiger partial charge in [-0.25, -0.2) is 4.98 Å². The van der Waals surface area contributed by atoms with Gasteiger partial charge < -0.3 is 4.98 Å². The number of nitrogens with zero attached hydrogens (tertiary/aromatic N) is 2. The summed E-state index contributed by atoms with van der Waals surface area (Å²) in [5.41, 5.74) is 1.05. The Morgan fingerprint density at radius 2 is 1.89 bits per heavy atom. The van der Waals surface area contributed by atoms with Gasteiger partial charge in [0.25, 0.3) is 0 Å². The number of halogens is 3. The van der Waals surface area contributed by atoms with Crippen LogP contribution in [0.1, 0.15) is 43.5 Å². The Bertz CT molecular complexity index is 966. The molecule has 0 atom stereocenters. The number of fused-ring (bicyclic) bond motifs is 1. The molecule has 4 rings (SSSR count). The first-order valence-corrected chi connectivity index (χ1v) is 9.21. The summed E-state index contributed by atoms with van der Waals surface area (Å²) in [6.07, 6.45) is 7.37. The molecule has 2 aromatic heterocycles. The first kappa shape index (κ1) is 17.8. The van der Waals surface area contributed by atoms with Gasteiger partial charge in [0, 0.05) is 11.8 Å². The molecule has 1 aromatic carbocycles. The minimum Gasteiger partial charge on any atom is -0.338 e. The van der Waals surface area contributed by atoms with Crippen LogP contribution in [0, 0.1) is 5.92 Å². The minimum absolute atomic E-state index is 0.0687. The number of H-pyrrole nitrogens is 1. The molecule has 0 bridgehead atoms. The molecular weight excluding hydrogens is 351 g/mol. The van der Waals surface area contributed by atoms with Crippen LogP contribution in [0.2, 0.25) is 0 Å². The molecule has 27 heavy (non-hydrogen) atoms. The van der Waals surface area contributed by atoms with Crippen LogP contribution in [0.4, 0.5) is 13.2 Å². The third-order valence-corrected chi connectivity index (χ3v) is 5.06. The van der Waals surface area contributed by atoms with Crippen LogP contribution in [0.25, 0.3) is 28.4 Å². The molecule has 0 spiro atoms. The van der Waals surface area contributed by atoms with Crippen molar-refractivity contribution in [2.45, 2.75) is 38.3 Å². The average Bonchev–Trinajstić information content (AvgIpc) is 3.08. The number of rotatable bonds is 3. The molecule has 1 saturated carbocycles. The van der Waals surface area contributed by atoms with Gasteiger partial charge in [-0.3, -0.25) is 4.98 Å². The Morgan fingerprint density at radius 1 is 1.07 bits per heavy atom. The van der Waals surface area contributed by atoms with Gasteiger partial charge in [-0.05, 0) is 49.1 Å². The molecule has 3 aromatic rings. The third kappa shape index (κ3) is 3.89. The Balaban J connectivity index is 1.65. The summed E-state index contributed by atoms with van der Waals surface area (Å²) in [6.45, 7) is 0. The van der Waals surface area contributed by atoms with E-state index in [0.717, 1.165) is 17.4 Å². The van der Waals surface area contributed by atoms with Crippen molar-refractivity contribution in [2.24, 2.45) is 5.92 Å². The van der Waals surface area contributed by atoms with E-state index in [-0.39, 0.29) is 5.69 Å². The second-order valence-corrected chi connectivity index (χ2v) is 7.01. The maximum Gasteiger partial charge on any atom is 0.418 e. The molecule has 1 aliphatic rings. The molecular formula is C21H20F3N3. The van der Waals surface area contributed by atoms with Crippen molar-refractivity contribution in [3.8, 4) is 11.3 Å². The Kier molecular flexibility index (Phi) is 4.72. The van der Waals surface area contributed by atoms with Crippen molar-refractivity contribution in [3.05, 3.63) is 54.0 Å². The first-order valence-electron chi connectivity index (χ1n) is 9.21. The molecule has 0 aliphatic heterocycles. The summed E-state index contributed by atoms with van der Waals surface area (Å²) >= 11 is 0. The fourth-order valence-corrected chi connectivity index (χ4v) is 3.67. The summed E-state index contributed by atoms with van der Waals surface area (Å²) < 4.78 is 39.8. The number of nitrogens with one attached hydrogen (secondary N) is 1. The van der Waals surface area contributed by atoms with E-state index in [4.69, 9.17) is 0 Å². The van der Waals surface area contributed by atoms with Crippen molar-refractivity contribution in [2.75, 3.05) is 0 Å². The van der Waals surface area contributed by atoms with Crippen LogP contribution in [0.5, 0.6) is 0 Å². The zero-order valence-electron chi connectivity index (χ0n) is 14.8. The van der Waals surface area contributed by atoms with Crippen molar-refractivity contribution >= 4 is 17.1 Å². The molecule has 2 heterocycles. The average molecular weight is 371 g/mol. The van der Waals surface area contributed by atoms with Crippen LogP contribution in [0.3, 0.4) is 0 Å². The van der Waals surface area contributed by atoms with E-state index >= 15 is 0 Å². The summed E-state index contributed by atoms with van der Waals surface area (Å²) in [7, 11) is 0. The molecule has 1 aliphatic carbocycles. The van der Waals surface area contributed by atoms with Gasteiger partial charge in [-0.2, -0.15) is 13.2 Å². The maximum absolute atomic E-state index is 13.3. The lowest BCUT2D eigenvalue weighted by Crippen LogP contribution is -2.08. The second-order valence-electron chi connectivity index (χ2n) is 7.01. The summed E-state index contributed by atoms with van der Waals surface area (Å²) in [4.78, 5) is 11.7. The number of aromatic amines is 1. The van der Waals surface area contributed by atoms with Crippen LogP contribution in [-0.4, -0.2) is 15.0 Å². The van der Waals surface area contributed by atoms with Crippen molar-refractivity contribution < 1.29 is 13.2 Å². The zero-order chi connectivity index (χ0) is 18.9. The van der Waals surface area contributed by atoms with E-state index < -0.39 is 11.7 Å². The predicted octanol–water partition coefficient (Wildman–Crippen LogP) is 6.24. The van der Waals surface area contributed by atoms with E-state index in [2.05, 4.69) is 21.0 Å². The fourth-order valence-electron chi connectivity index (χ4n) is 3.67. The molecule has 1 fully saturated rings. The summed E-state index contributed by atoms with van der Waals surface area (Å²) in [5, 5.41) is 0. The van der Waals surface area contributed by atoms with Crippen LogP contribution in [-0.2, 0) is 6.18 Å². The highest BCUT2D eigenvalue weighted by atomic mass is 19.4. The third-order valence-electron chi connectivity index (χ3n) is 5.06. The van der Waals surface area contributed by atoms with Crippen molar-refractivity contribution in [1.29, 1.82) is 0 Å². The number of imidazole rings is 1. The number of aromatic nitrogens is 3. The zero-order valence-corrected chi connectivity index (χ0v) is 14.8. The first-order chi connectivity index (χ1) is 13.0. The van der Waals surface area contributed by atoms with Gasteiger partial charge in [0.15, 0.2) is 0 Å². The van der Waals surface area contributed by atoms with Gasteiger partial charge in [-0.1, -0.05) is 31.4 Å². The molecule has 1 N–H and O–H groups in total. The molecule has 6 heteroatoms. The van der Waals surface area contributed by atoms with Crippen LogP contribution < -0.4 is 0 Å². The summed E-state index contributed by atoms with van der Waals surface area (Å²) in [6, 6.07) is 7.40. The topological polar surface area (TPSA) is 41.6 Å². The molecule has 0 amide bonds. The minimum atomic E-state index is -4.44. The number of hydrogen-bond donors (Lipinski definition) is 1. The Hall–Kier alpha value is -2.63. The van der Waals surface area contributed by atoms with E-state index in [1.165, 1.54) is 44.4 Å². The van der Waals surface area contributed by atoms with E-state index in [0.29, 0.717) is 17.0 Å². The SMILES string of the molecule is FC(F)(F)c1cccnc1-c1ccc2nc(/C=C/C3CCCCC3)[nH]c2c1. The van der Waals surface area contributed by atoms with Gasteiger partial charge in [0.05, 0.1) is 22.3 Å². The molecule has 0 unspecified atom stereocenters. The normalized spacial score (nSPS) is 16.4. The van der Waals surface area contributed by atoms with Crippen molar-refractivity contribution in [3.63, 3.8) is 0 Å². The molecule has 0 radical (unpaired) electrons. The Labute approximate surface area is 155 Å². The van der Waals surface area contributed by atoms with E-state index in [1.54, 1.807) is 18.2 Å². The fraction of sp³-hybridized carbons (Fsp3) is 0.333. The predicted molar refractivity (Wildman–Crippen MR) is 99.9 cm³/mol. The highest BCUT2D eigenvalue weighted by Gasteiger charge is 2.34. The highest BCUT2D eigenvalue weighted by molar-refractivity contribution is 5.83. The highest BCUT2D eigenvalue weighted by Crippen LogP contribution is 2.36. The van der Waals surface area contributed by atoms with Crippen molar-refractivity contribution in [1.82, 2.24) is 15.0 Å². The van der Waals surface area contributed by atoms with E-state index in [1.807, 2.05) is 6.08 Å². The molecule has 140 valence electrons. The Morgan fingerprint density at radius 3 is 2.67 bits per heavy atom. The van der Waals surface area contributed by atoms with E-state index in [9.17, 15) is 13.2 Å². The lowest BCUT2D eigenvalue weighted by molar-refractivity contribution is -0.137. The monoisotopic (exact) mass is 371 g/mol. The van der Waals surface area contributed by atoms with Gasteiger partial charge in [0.2, 0.25) is 0 Å². The number of hydrogen-bond acceptors (Lipinski definition) is 2. The van der Waals surface area contributed by atoms with Gasteiger partial charge in [-0.15, -0.1) is 0 Å². The van der Waals surface area contributed by atoms with Crippen LogP contribution >= 0.6 is 0 Å². The largest absolute Gasteiger partial charge is 0.418 e. The van der Waals surface area contributed by atoms with Gasteiger partial charge in [0.1, 0.15) is 5.82 Å².